The van der Waals surface area contributed by atoms with Crippen LogP contribution in [0.15, 0.2) is 152 Å². The predicted octanol–water partition coefficient (Wildman–Crippen LogP) is 17.8. The monoisotopic (exact) mass is 1110 g/mol. The zero-order valence-corrected chi connectivity index (χ0v) is 45.8. The van der Waals surface area contributed by atoms with Crippen molar-refractivity contribution in [3.8, 4) is 39.6 Å². The summed E-state index contributed by atoms with van der Waals surface area (Å²) in [5.41, 5.74) is 16.7. The smallest absolute Gasteiger partial charge is 0.135 e. The van der Waals surface area contributed by atoms with E-state index in [4.69, 9.17) is 9.72 Å². The molecule has 6 heteroatoms. The summed E-state index contributed by atoms with van der Waals surface area (Å²) in [4.78, 5) is 9.55. The third kappa shape index (κ3) is 9.47. The number of aromatic nitrogens is 2. The molecule has 0 bridgehead atoms. The number of hydrogen-bond donors (Lipinski definition) is 0. The van der Waals surface area contributed by atoms with Crippen LogP contribution < -0.4 is 14.5 Å². The Kier molecular flexibility index (Phi) is 12.8. The zero-order chi connectivity index (χ0) is 49.5. The molecule has 0 radical (unpaired) electrons. The fourth-order valence-electron chi connectivity index (χ4n) is 9.59. The summed E-state index contributed by atoms with van der Waals surface area (Å²) in [6.07, 6.45) is 1.91. The molecule has 0 amide bonds. The molecule has 5 nitrogen and oxygen atoms in total. The molecule has 2 aromatic heterocycles. The second kappa shape index (κ2) is 18.3. The Labute approximate surface area is 436 Å². The van der Waals surface area contributed by atoms with E-state index in [2.05, 4.69) is 263 Å². The summed E-state index contributed by atoms with van der Waals surface area (Å²) in [7, 11) is 0. The van der Waals surface area contributed by atoms with Gasteiger partial charge in [-0.05, 0) is 103 Å². The molecule has 0 saturated carbocycles. The fraction of sp³-hybridized carbons (Fsp3) is 0.262. The van der Waals surface area contributed by atoms with Crippen molar-refractivity contribution in [1.29, 1.82) is 0 Å². The summed E-state index contributed by atoms with van der Waals surface area (Å²) in [6.45, 7) is 31.9. The first kappa shape index (κ1) is 49.6. The number of rotatable bonds is 7. The first-order valence-corrected chi connectivity index (χ1v) is 24.7. The number of hydrogen-bond acceptors (Lipinski definition) is 4. The molecule has 0 spiro atoms. The van der Waals surface area contributed by atoms with Crippen LogP contribution in [0, 0.1) is 25.7 Å². The third-order valence-electron chi connectivity index (χ3n) is 13.9. The molecule has 7 aromatic carbocycles. The van der Waals surface area contributed by atoms with E-state index in [0.717, 1.165) is 55.9 Å². The van der Waals surface area contributed by atoms with E-state index >= 15 is 0 Å². The molecular formula is C65H65N4OPt-3. The number of anilines is 4. The molecule has 1 aliphatic heterocycles. The van der Waals surface area contributed by atoms with Gasteiger partial charge in [0.2, 0.25) is 0 Å². The minimum Gasteiger partial charge on any atom is -0.509 e. The summed E-state index contributed by atoms with van der Waals surface area (Å²) in [5.74, 6) is 2.10. The van der Waals surface area contributed by atoms with Crippen LogP contribution in [-0.2, 0) is 42.7 Å². The summed E-state index contributed by atoms with van der Waals surface area (Å²) >= 11 is 0. The van der Waals surface area contributed by atoms with Crippen molar-refractivity contribution < 1.29 is 25.8 Å². The van der Waals surface area contributed by atoms with Crippen molar-refractivity contribution in [2.75, 3.05) is 9.80 Å². The zero-order valence-electron chi connectivity index (χ0n) is 43.5. The largest absolute Gasteiger partial charge is 0.509 e. The van der Waals surface area contributed by atoms with E-state index in [-0.39, 0.29) is 42.7 Å². The predicted molar refractivity (Wildman–Crippen MR) is 295 cm³/mol. The van der Waals surface area contributed by atoms with Crippen molar-refractivity contribution in [3.63, 3.8) is 0 Å². The molecule has 364 valence electrons. The van der Waals surface area contributed by atoms with Gasteiger partial charge in [0.25, 0.3) is 0 Å². The molecule has 10 rings (SSSR count). The maximum atomic E-state index is 6.86. The number of nitrogens with zero attached hydrogens (tertiary/aromatic N) is 4. The van der Waals surface area contributed by atoms with Crippen molar-refractivity contribution in [2.24, 2.45) is 0 Å². The van der Waals surface area contributed by atoms with E-state index in [1.54, 1.807) is 0 Å². The molecule has 1 aliphatic rings. The Morgan fingerprint density at radius 2 is 1.08 bits per heavy atom. The topological polar surface area (TPSA) is 33.5 Å². The van der Waals surface area contributed by atoms with Gasteiger partial charge in [0.05, 0.1) is 0 Å². The van der Waals surface area contributed by atoms with Crippen LogP contribution in [0.1, 0.15) is 111 Å². The normalized spacial score (nSPS) is 13.2. The number of para-hydroxylation sites is 3. The average molecular weight is 1110 g/mol. The van der Waals surface area contributed by atoms with Gasteiger partial charge in [-0.15, -0.1) is 47.6 Å². The van der Waals surface area contributed by atoms with Crippen LogP contribution in [0.4, 0.5) is 22.7 Å². The molecule has 0 unspecified atom stereocenters. The molecule has 71 heavy (non-hydrogen) atoms. The number of fused-ring (bicyclic) bond motifs is 4. The van der Waals surface area contributed by atoms with E-state index < -0.39 is 0 Å². The average Bonchev–Trinajstić information content (AvgIpc) is 3.87. The van der Waals surface area contributed by atoms with Gasteiger partial charge < -0.3 is 19.1 Å². The maximum absolute atomic E-state index is 6.86. The third-order valence-corrected chi connectivity index (χ3v) is 13.9. The van der Waals surface area contributed by atoms with Gasteiger partial charge in [0, 0.05) is 72.5 Å². The summed E-state index contributed by atoms with van der Waals surface area (Å²) in [6, 6.07) is 60.4. The molecule has 0 saturated heterocycles. The van der Waals surface area contributed by atoms with Gasteiger partial charge in [-0.3, -0.25) is 0 Å². The van der Waals surface area contributed by atoms with Gasteiger partial charge in [-0.25, -0.2) is 4.98 Å². The van der Waals surface area contributed by atoms with Crippen LogP contribution in [-0.4, -0.2) is 9.55 Å². The summed E-state index contributed by atoms with van der Waals surface area (Å²) in [5, 5.41) is 2.23. The second-order valence-corrected chi connectivity index (χ2v) is 23.2. The van der Waals surface area contributed by atoms with Gasteiger partial charge in [0.15, 0.2) is 0 Å². The molecular weight excluding hydrogens is 1050 g/mol. The Morgan fingerprint density at radius 1 is 0.507 bits per heavy atom. The number of ether oxygens (including phenoxy) is 1. The van der Waals surface area contributed by atoms with Gasteiger partial charge in [0.1, 0.15) is 5.82 Å². The van der Waals surface area contributed by atoms with Gasteiger partial charge in [-0.2, -0.15) is 12.1 Å². The first-order chi connectivity index (χ1) is 33.1. The van der Waals surface area contributed by atoms with E-state index in [9.17, 15) is 0 Å². The van der Waals surface area contributed by atoms with E-state index in [1.165, 1.54) is 44.5 Å². The molecule has 0 N–H and O–H groups in total. The van der Waals surface area contributed by atoms with Crippen LogP contribution in [0.3, 0.4) is 0 Å². The van der Waals surface area contributed by atoms with Crippen molar-refractivity contribution in [1.82, 2.24) is 9.55 Å². The minimum atomic E-state index is -0.107. The SMILES string of the molecule is Cc1ccc(N2[CH-]N(c3c(-c4ccccc4)cc(C(C)(C)C)cc3-c3cc(C(C)(C)C)cc(C(C)(C)C)c3)c3ccccc32)[c-]c1Oc1[c-]c2c(cc1)c1ccccc1n2-c1cc(C(C)(C)C)ccn1.[Pt]. The van der Waals surface area contributed by atoms with E-state index in [1.807, 2.05) is 12.3 Å². The molecule has 0 atom stereocenters. The van der Waals surface area contributed by atoms with Crippen LogP contribution in [0.25, 0.3) is 49.9 Å². The fourth-order valence-corrected chi connectivity index (χ4v) is 9.59. The van der Waals surface area contributed by atoms with E-state index in [0.29, 0.717) is 11.5 Å². The van der Waals surface area contributed by atoms with Crippen LogP contribution in [0.5, 0.6) is 11.5 Å². The van der Waals surface area contributed by atoms with Gasteiger partial charge in [-0.1, -0.05) is 174 Å². The second-order valence-electron chi connectivity index (χ2n) is 23.2. The van der Waals surface area contributed by atoms with Crippen molar-refractivity contribution in [3.05, 3.63) is 198 Å². The van der Waals surface area contributed by atoms with Crippen LogP contribution >= 0.6 is 0 Å². The number of benzene rings is 7. The Bertz CT molecular complexity index is 3420. The minimum absolute atomic E-state index is 0. The Balaban J connectivity index is 0.00000624. The number of pyridine rings is 1. The maximum Gasteiger partial charge on any atom is 0.135 e. The number of aryl methyl sites for hydroxylation is 1. The quantitative estimate of drug-likeness (QED) is 0.149. The molecule has 0 fully saturated rings. The Hall–Kier alpha value is -6.42. The van der Waals surface area contributed by atoms with Crippen molar-refractivity contribution in [2.45, 2.75) is 112 Å². The van der Waals surface area contributed by atoms with Crippen molar-refractivity contribution >= 4 is 44.6 Å². The van der Waals surface area contributed by atoms with Crippen LogP contribution in [0.2, 0.25) is 0 Å². The molecule has 3 heterocycles. The standard InChI is InChI=1S/C65H65N4O.Pt/c1-42-27-28-49(39-59(42)70-50-29-30-52-51-23-17-18-24-55(51)69(58(52)40-50)60-38-45(31-32-66-60)62(2,3)4)67-41-68(57-26-20-19-25-56(57)67)61-53(43-21-15-14-16-22-43)36-48(65(11,12)13)37-54(61)44-33-46(63(5,6)7)35-47(34-44)64(8,9)10;/h14-38,41H,1-13H3;/q-3;. The summed E-state index contributed by atoms with van der Waals surface area (Å²) < 4.78 is 9.07. The molecule has 0 aliphatic carbocycles. The Morgan fingerprint density at radius 3 is 1.73 bits per heavy atom. The van der Waals surface area contributed by atoms with Gasteiger partial charge >= 0.3 is 0 Å². The first-order valence-electron chi connectivity index (χ1n) is 24.7. The molecule has 9 aromatic rings.